The van der Waals surface area contributed by atoms with Gasteiger partial charge in [0.05, 0.1) is 12.1 Å². The standard InChI is InChI=1S/C21H19ClN4O3S/c1-2-3-14-29-21-24-20(16-9-11-17(22)12-10-16)26(25-21)30(27,28)18-8-4-6-15-7-5-13-23-19(15)18/h4-13H,2-3,14H2,1H3. The van der Waals surface area contributed by atoms with Gasteiger partial charge < -0.3 is 4.74 Å². The summed E-state index contributed by atoms with van der Waals surface area (Å²) >= 11 is 5.99. The zero-order valence-electron chi connectivity index (χ0n) is 16.2. The first-order valence-electron chi connectivity index (χ1n) is 9.46. The molecule has 0 aliphatic rings. The minimum Gasteiger partial charge on any atom is -0.462 e. The Morgan fingerprint density at radius 3 is 2.60 bits per heavy atom. The molecule has 4 aromatic rings. The summed E-state index contributed by atoms with van der Waals surface area (Å²) in [6.07, 6.45) is 3.30. The maximum atomic E-state index is 13.6. The topological polar surface area (TPSA) is 87.0 Å². The van der Waals surface area contributed by atoms with Crippen LogP contribution in [0.25, 0.3) is 22.3 Å². The van der Waals surface area contributed by atoms with Crippen LogP contribution in [0, 0.1) is 0 Å². The second-order valence-electron chi connectivity index (χ2n) is 6.61. The van der Waals surface area contributed by atoms with Crippen molar-refractivity contribution in [1.82, 2.24) is 19.2 Å². The molecule has 2 aromatic heterocycles. The summed E-state index contributed by atoms with van der Waals surface area (Å²) in [5.41, 5.74) is 0.917. The minimum absolute atomic E-state index is 0.00479. The predicted molar refractivity (Wildman–Crippen MR) is 115 cm³/mol. The zero-order valence-corrected chi connectivity index (χ0v) is 17.8. The van der Waals surface area contributed by atoms with Crippen molar-refractivity contribution in [3.63, 3.8) is 0 Å². The predicted octanol–water partition coefficient (Wildman–Crippen LogP) is 4.56. The van der Waals surface area contributed by atoms with Gasteiger partial charge in [-0.1, -0.05) is 48.2 Å². The summed E-state index contributed by atoms with van der Waals surface area (Å²) in [6, 6.07) is 15.3. The van der Waals surface area contributed by atoms with Gasteiger partial charge in [-0.15, -0.1) is 4.09 Å². The summed E-state index contributed by atoms with van der Waals surface area (Å²) in [5, 5.41) is 5.42. The first kappa shape index (κ1) is 20.3. The highest BCUT2D eigenvalue weighted by Gasteiger charge is 2.27. The molecule has 0 aliphatic heterocycles. The number of pyridine rings is 1. The third-order valence-corrected chi connectivity index (χ3v) is 6.34. The molecule has 154 valence electrons. The number of unbranched alkanes of at least 4 members (excludes halogenated alkanes) is 1. The van der Waals surface area contributed by atoms with Gasteiger partial charge in [-0.2, -0.15) is 13.4 Å². The fourth-order valence-electron chi connectivity index (χ4n) is 2.97. The van der Waals surface area contributed by atoms with E-state index in [4.69, 9.17) is 16.3 Å². The van der Waals surface area contributed by atoms with Gasteiger partial charge in [-0.3, -0.25) is 4.98 Å². The van der Waals surface area contributed by atoms with Crippen molar-refractivity contribution in [2.75, 3.05) is 6.61 Å². The first-order valence-corrected chi connectivity index (χ1v) is 11.3. The summed E-state index contributed by atoms with van der Waals surface area (Å²) in [6.45, 7) is 2.43. The molecule has 9 heteroatoms. The quantitative estimate of drug-likeness (QED) is 0.390. The summed E-state index contributed by atoms with van der Waals surface area (Å²) in [7, 11) is -4.10. The Morgan fingerprint density at radius 1 is 1.07 bits per heavy atom. The van der Waals surface area contributed by atoms with E-state index in [0.29, 0.717) is 28.1 Å². The monoisotopic (exact) mass is 442 g/mol. The van der Waals surface area contributed by atoms with Crippen molar-refractivity contribution in [3.8, 4) is 17.4 Å². The molecular formula is C21H19ClN4O3S. The van der Waals surface area contributed by atoms with Crippen LogP contribution in [0.2, 0.25) is 5.02 Å². The molecule has 0 unspecified atom stereocenters. The molecule has 2 heterocycles. The van der Waals surface area contributed by atoms with E-state index in [0.717, 1.165) is 16.9 Å². The van der Waals surface area contributed by atoms with Crippen molar-refractivity contribution in [1.29, 1.82) is 0 Å². The number of aromatic nitrogens is 4. The van der Waals surface area contributed by atoms with E-state index in [1.54, 1.807) is 42.6 Å². The number of hydrogen-bond donors (Lipinski definition) is 0. The Morgan fingerprint density at radius 2 is 1.83 bits per heavy atom. The van der Waals surface area contributed by atoms with Crippen LogP contribution in [0.4, 0.5) is 0 Å². The van der Waals surface area contributed by atoms with Crippen LogP contribution in [0.5, 0.6) is 6.01 Å². The van der Waals surface area contributed by atoms with Crippen LogP contribution in [0.3, 0.4) is 0 Å². The van der Waals surface area contributed by atoms with Gasteiger partial charge in [-0.25, -0.2) is 0 Å². The van der Waals surface area contributed by atoms with Crippen molar-refractivity contribution in [2.24, 2.45) is 0 Å². The van der Waals surface area contributed by atoms with Gasteiger partial charge in [0.15, 0.2) is 5.82 Å². The van der Waals surface area contributed by atoms with Crippen LogP contribution in [-0.4, -0.2) is 34.2 Å². The number of halogens is 1. The molecule has 30 heavy (non-hydrogen) atoms. The maximum absolute atomic E-state index is 13.6. The molecule has 0 spiro atoms. The van der Waals surface area contributed by atoms with E-state index < -0.39 is 10.0 Å². The van der Waals surface area contributed by atoms with E-state index in [9.17, 15) is 8.42 Å². The highest BCUT2D eigenvalue weighted by Crippen LogP contribution is 2.28. The Hall–Kier alpha value is -2.97. The molecule has 0 radical (unpaired) electrons. The fourth-order valence-corrected chi connectivity index (χ4v) is 4.50. The van der Waals surface area contributed by atoms with Crippen molar-refractivity contribution in [2.45, 2.75) is 24.7 Å². The lowest BCUT2D eigenvalue weighted by Gasteiger charge is -2.09. The van der Waals surface area contributed by atoms with E-state index in [1.165, 1.54) is 6.07 Å². The number of para-hydroxylation sites is 1. The molecule has 0 atom stereocenters. The molecule has 0 saturated carbocycles. The second-order valence-corrected chi connectivity index (χ2v) is 8.78. The normalized spacial score (nSPS) is 11.7. The molecule has 0 bridgehead atoms. The largest absolute Gasteiger partial charge is 0.462 e. The third-order valence-electron chi connectivity index (χ3n) is 4.49. The van der Waals surface area contributed by atoms with Crippen LogP contribution < -0.4 is 4.74 Å². The number of hydrogen-bond acceptors (Lipinski definition) is 6. The molecular weight excluding hydrogens is 424 g/mol. The van der Waals surface area contributed by atoms with Gasteiger partial charge in [0, 0.05) is 22.2 Å². The van der Waals surface area contributed by atoms with Gasteiger partial charge in [0.1, 0.15) is 4.90 Å². The average Bonchev–Trinajstić information content (AvgIpc) is 3.19. The Labute approximate surface area is 179 Å². The fraction of sp³-hybridized carbons (Fsp3) is 0.190. The molecule has 4 rings (SSSR count). The highest BCUT2D eigenvalue weighted by molar-refractivity contribution is 7.90. The van der Waals surface area contributed by atoms with Crippen LogP contribution in [0.1, 0.15) is 19.8 Å². The van der Waals surface area contributed by atoms with E-state index in [1.807, 2.05) is 19.1 Å². The van der Waals surface area contributed by atoms with Crippen LogP contribution in [0.15, 0.2) is 65.7 Å². The first-order chi connectivity index (χ1) is 14.5. The van der Waals surface area contributed by atoms with Gasteiger partial charge in [-0.05, 0) is 42.8 Å². The van der Waals surface area contributed by atoms with Crippen molar-refractivity contribution < 1.29 is 13.2 Å². The second kappa shape index (κ2) is 8.41. The molecule has 0 aliphatic carbocycles. The number of fused-ring (bicyclic) bond motifs is 1. The molecule has 0 N–H and O–H groups in total. The molecule has 0 saturated heterocycles. The Kier molecular flexibility index (Phi) is 5.69. The van der Waals surface area contributed by atoms with Gasteiger partial charge in [0.2, 0.25) is 0 Å². The average molecular weight is 443 g/mol. The van der Waals surface area contributed by atoms with Gasteiger partial charge in [0.25, 0.3) is 10.0 Å². The lowest BCUT2D eigenvalue weighted by Crippen LogP contribution is -2.17. The molecule has 0 amide bonds. The lowest BCUT2D eigenvalue weighted by atomic mass is 10.2. The SMILES string of the molecule is CCCCOc1nc(-c2ccc(Cl)cc2)n(S(=O)(=O)c2cccc3cccnc23)n1. The zero-order chi connectivity index (χ0) is 21.1. The molecule has 7 nitrogen and oxygen atoms in total. The summed E-state index contributed by atoms with van der Waals surface area (Å²) in [5.74, 6) is 0.145. The van der Waals surface area contributed by atoms with E-state index >= 15 is 0 Å². The van der Waals surface area contributed by atoms with Crippen LogP contribution in [-0.2, 0) is 10.0 Å². The highest BCUT2D eigenvalue weighted by atomic mass is 35.5. The Bertz CT molecular complexity index is 1280. The van der Waals surface area contributed by atoms with Crippen molar-refractivity contribution in [3.05, 3.63) is 65.8 Å². The minimum atomic E-state index is -4.10. The number of rotatable bonds is 7. The summed E-state index contributed by atoms with van der Waals surface area (Å²) < 4.78 is 33.7. The Balaban J connectivity index is 1.88. The third kappa shape index (κ3) is 3.88. The smallest absolute Gasteiger partial charge is 0.337 e. The van der Waals surface area contributed by atoms with E-state index in [2.05, 4.69) is 15.1 Å². The lowest BCUT2D eigenvalue weighted by molar-refractivity contribution is 0.286. The maximum Gasteiger partial charge on any atom is 0.337 e. The van der Waals surface area contributed by atoms with E-state index in [-0.39, 0.29) is 16.7 Å². The number of benzene rings is 2. The summed E-state index contributed by atoms with van der Waals surface area (Å²) in [4.78, 5) is 8.65. The molecule has 2 aromatic carbocycles. The number of nitrogens with zero attached hydrogens (tertiary/aromatic N) is 4. The van der Waals surface area contributed by atoms with Gasteiger partial charge >= 0.3 is 6.01 Å². The molecule has 0 fully saturated rings. The van der Waals surface area contributed by atoms with Crippen LogP contribution >= 0.6 is 11.6 Å². The number of ether oxygens (including phenoxy) is 1. The van der Waals surface area contributed by atoms with Crippen molar-refractivity contribution >= 4 is 32.5 Å².